The van der Waals surface area contributed by atoms with Crippen LogP contribution in [0.2, 0.25) is 0 Å². The highest BCUT2D eigenvalue weighted by Gasteiger charge is 2.04. The highest BCUT2D eigenvalue weighted by atomic mass is 32.2. The molecular formula is C11H17N3OS. The predicted molar refractivity (Wildman–Crippen MR) is 66.9 cm³/mol. The normalized spacial score (nSPS) is 13.8. The maximum absolute atomic E-state index is 8.57. The largest absolute Gasteiger partial charge is 0.409 e. The van der Waals surface area contributed by atoms with E-state index < -0.39 is 0 Å². The zero-order valence-electron chi connectivity index (χ0n) is 9.55. The van der Waals surface area contributed by atoms with Crippen molar-refractivity contribution < 1.29 is 5.21 Å². The molecule has 0 aliphatic rings. The highest BCUT2D eigenvalue weighted by Crippen LogP contribution is 2.20. The second-order valence-corrected chi connectivity index (χ2v) is 4.73. The van der Waals surface area contributed by atoms with Gasteiger partial charge < -0.3 is 10.9 Å². The molecule has 0 radical (unpaired) electrons. The standard InChI is InChI=1S/C11H17N3OS/c1-3-8(2)7-16-10-6-9(4-5-13-10)11(12)14-15/h4-6,8,15H,3,7H2,1-2H3,(H2,12,14). The van der Waals surface area contributed by atoms with E-state index in [-0.39, 0.29) is 5.84 Å². The minimum atomic E-state index is 0.118. The topological polar surface area (TPSA) is 71.5 Å². The Morgan fingerprint density at radius 2 is 2.44 bits per heavy atom. The Balaban J connectivity index is 2.68. The SMILES string of the molecule is CCC(C)CSc1cc(/C(N)=N/O)ccn1. The van der Waals surface area contributed by atoms with Crippen LogP contribution in [0.3, 0.4) is 0 Å². The highest BCUT2D eigenvalue weighted by molar-refractivity contribution is 7.99. The van der Waals surface area contributed by atoms with Crippen LogP contribution in [0.4, 0.5) is 0 Å². The molecule has 1 aromatic rings. The molecule has 1 aromatic heterocycles. The van der Waals surface area contributed by atoms with Crippen LogP contribution in [0, 0.1) is 5.92 Å². The van der Waals surface area contributed by atoms with E-state index in [1.165, 1.54) is 0 Å². The Hall–Kier alpha value is -1.23. The fourth-order valence-corrected chi connectivity index (χ4v) is 2.09. The number of amidine groups is 1. The van der Waals surface area contributed by atoms with Crippen molar-refractivity contribution >= 4 is 17.6 Å². The Labute approximate surface area is 99.9 Å². The Bertz CT molecular complexity index is 368. The summed E-state index contributed by atoms with van der Waals surface area (Å²) >= 11 is 1.69. The molecule has 0 aliphatic carbocycles. The minimum absolute atomic E-state index is 0.118. The molecule has 0 saturated carbocycles. The first-order valence-corrected chi connectivity index (χ1v) is 6.22. The van der Waals surface area contributed by atoms with Crippen molar-refractivity contribution in [1.29, 1.82) is 0 Å². The van der Waals surface area contributed by atoms with Crippen molar-refractivity contribution in [2.75, 3.05) is 5.75 Å². The Kier molecular flexibility index (Phi) is 5.11. The third-order valence-corrected chi connectivity index (χ3v) is 3.61. The van der Waals surface area contributed by atoms with Gasteiger partial charge in [0.2, 0.25) is 0 Å². The molecule has 1 rings (SSSR count). The molecule has 0 fully saturated rings. The van der Waals surface area contributed by atoms with Crippen LogP contribution in [0.25, 0.3) is 0 Å². The monoisotopic (exact) mass is 239 g/mol. The molecule has 3 N–H and O–H groups in total. The van der Waals surface area contributed by atoms with Gasteiger partial charge in [0, 0.05) is 17.5 Å². The molecule has 0 aliphatic heterocycles. The van der Waals surface area contributed by atoms with Crippen molar-refractivity contribution in [2.24, 2.45) is 16.8 Å². The van der Waals surface area contributed by atoms with Gasteiger partial charge in [0.25, 0.3) is 0 Å². The summed E-state index contributed by atoms with van der Waals surface area (Å²) in [5.74, 6) is 1.82. The third-order valence-electron chi connectivity index (χ3n) is 2.35. The first-order chi connectivity index (χ1) is 7.67. The van der Waals surface area contributed by atoms with E-state index in [0.717, 1.165) is 17.2 Å². The molecule has 1 atom stereocenters. The summed E-state index contributed by atoms with van der Waals surface area (Å²) in [6.45, 7) is 4.38. The third kappa shape index (κ3) is 3.73. The fourth-order valence-electron chi connectivity index (χ4n) is 1.05. The maximum Gasteiger partial charge on any atom is 0.170 e. The number of thioether (sulfide) groups is 1. The van der Waals surface area contributed by atoms with E-state index in [2.05, 4.69) is 24.0 Å². The van der Waals surface area contributed by atoms with Crippen molar-refractivity contribution in [3.8, 4) is 0 Å². The predicted octanol–water partition coefficient (Wildman–Crippen LogP) is 2.31. The number of pyridine rings is 1. The molecule has 5 heteroatoms. The van der Waals surface area contributed by atoms with Crippen molar-refractivity contribution in [1.82, 2.24) is 4.98 Å². The molecule has 1 unspecified atom stereocenters. The second-order valence-electron chi connectivity index (χ2n) is 3.69. The van der Waals surface area contributed by atoms with E-state index >= 15 is 0 Å². The summed E-state index contributed by atoms with van der Waals surface area (Å²) in [4.78, 5) is 4.23. The molecule has 1 heterocycles. The lowest BCUT2D eigenvalue weighted by atomic mass is 10.2. The van der Waals surface area contributed by atoms with Crippen LogP contribution >= 0.6 is 11.8 Å². The summed E-state index contributed by atoms with van der Waals surface area (Å²) in [6.07, 6.45) is 2.83. The van der Waals surface area contributed by atoms with Crippen LogP contribution in [-0.2, 0) is 0 Å². The summed E-state index contributed by atoms with van der Waals surface area (Å²) < 4.78 is 0. The van der Waals surface area contributed by atoms with Crippen molar-refractivity contribution in [3.05, 3.63) is 23.9 Å². The Morgan fingerprint density at radius 1 is 1.69 bits per heavy atom. The molecule has 0 aromatic carbocycles. The van der Waals surface area contributed by atoms with Crippen LogP contribution in [0.5, 0.6) is 0 Å². The zero-order valence-corrected chi connectivity index (χ0v) is 10.4. The number of nitrogens with zero attached hydrogens (tertiary/aromatic N) is 2. The van der Waals surface area contributed by atoms with Crippen LogP contribution in [0.1, 0.15) is 25.8 Å². The van der Waals surface area contributed by atoms with Gasteiger partial charge in [-0.3, -0.25) is 0 Å². The minimum Gasteiger partial charge on any atom is -0.409 e. The molecule has 16 heavy (non-hydrogen) atoms. The second kappa shape index (κ2) is 6.37. The molecule has 4 nitrogen and oxygen atoms in total. The molecule has 0 amide bonds. The summed E-state index contributed by atoms with van der Waals surface area (Å²) in [5.41, 5.74) is 6.21. The van der Waals surface area contributed by atoms with Gasteiger partial charge in [-0.05, 0) is 18.1 Å². The quantitative estimate of drug-likeness (QED) is 0.272. The van der Waals surface area contributed by atoms with Gasteiger partial charge in [-0.15, -0.1) is 11.8 Å². The van der Waals surface area contributed by atoms with Gasteiger partial charge in [0.05, 0.1) is 5.03 Å². The van der Waals surface area contributed by atoms with Gasteiger partial charge in [0.15, 0.2) is 5.84 Å². The van der Waals surface area contributed by atoms with Gasteiger partial charge >= 0.3 is 0 Å². The molecule has 88 valence electrons. The van der Waals surface area contributed by atoms with E-state index in [0.29, 0.717) is 11.5 Å². The van der Waals surface area contributed by atoms with Crippen LogP contribution in [0.15, 0.2) is 28.5 Å². The fraction of sp³-hybridized carbons (Fsp3) is 0.455. The first kappa shape index (κ1) is 12.8. The zero-order chi connectivity index (χ0) is 12.0. The number of rotatable bonds is 5. The average Bonchev–Trinajstić information content (AvgIpc) is 2.35. The van der Waals surface area contributed by atoms with E-state index in [1.807, 2.05) is 6.07 Å². The number of aromatic nitrogens is 1. The Morgan fingerprint density at radius 3 is 3.06 bits per heavy atom. The number of nitrogens with two attached hydrogens (primary N) is 1. The number of oxime groups is 1. The van der Waals surface area contributed by atoms with E-state index in [9.17, 15) is 0 Å². The van der Waals surface area contributed by atoms with Gasteiger partial charge in [0.1, 0.15) is 0 Å². The van der Waals surface area contributed by atoms with Crippen molar-refractivity contribution in [2.45, 2.75) is 25.3 Å². The van der Waals surface area contributed by atoms with E-state index in [4.69, 9.17) is 10.9 Å². The average molecular weight is 239 g/mol. The molecule has 0 bridgehead atoms. The smallest absolute Gasteiger partial charge is 0.170 e. The number of hydrogen-bond donors (Lipinski definition) is 2. The van der Waals surface area contributed by atoms with Gasteiger partial charge in [-0.25, -0.2) is 4.98 Å². The summed E-state index contributed by atoms with van der Waals surface area (Å²) in [5, 5.41) is 12.4. The van der Waals surface area contributed by atoms with Crippen LogP contribution < -0.4 is 5.73 Å². The molecule has 0 spiro atoms. The molecule has 0 saturated heterocycles. The molecular weight excluding hydrogens is 222 g/mol. The maximum atomic E-state index is 8.57. The first-order valence-electron chi connectivity index (χ1n) is 5.24. The number of hydrogen-bond acceptors (Lipinski definition) is 4. The lowest BCUT2D eigenvalue weighted by Gasteiger charge is -2.07. The van der Waals surface area contributed by atoms with Crippen LogP contribution in [-0.4, -0.2) is 21.8 Å². The van der Waals surface area contributed by atoms with Crippen molar-refractivity contribution in [3.63, 3.8) is 0 Å². The van der Waals surface area contributed by atoms with E-state index in [1.54, 1.807) is 24.0 Å². The summed E-state index contributed by atoms with van der Waals surface area (Å²) in [7, 11) is 0. The van der Waals surface area contributed by atoms with Gasteiger partial charge in [-0.1, -0.05) is 25.4 Å². The lowest BCUT2D eigenvalue weighted by Crippen LogP contribution is -2.13. The summed E-state index contributed by atoms with van der Waals surface area (Å²) in [6, 6.07) is 3.56. The van der Waals surface area contributed by atoms with Gasteiger partial charge in [-0.2, -0.15) is 0 Å². The lowest BCUT2D eigenvalue weighted by molar-refractivity contribution is 0.318.